The van der Waals surface area contributed by atoms with E-state index in [-0.39, 0.29) is 23.8 Å². The highest BCUT2D eigenvalue weighted by atomic mass is 32.2. The number of pyridine rings is 1. The number of nitrogens with zero attached hydrogens (tertiary/aromatic N) is 2. The zero-order valence-corrected chi connectivity index (χ0v) is 20.5. The lowest BCUT2D eigenvalue weighted by atomic mass is 10.0. The van der Waals surface area contributed by atoms with Crippen LogP contribution in [0.4, 0.5) is 10.1 Å². The van der Waals surface area contributed by atoms with Crippen molar-refractivity contribution in [3.05, 3.63) is 90.0 Å². The molecular weight excluding hydrogens is 451 g/mol. The predicted octanol–water partition coefficient (Wildman–Crippen LogP) is 4.94. The minimum absolute atomic E-state index is 0.0291. The first-order valence-corrected chi connectivity index (χ1v) is 11.7. The van der Waals surface area contributed by atoms with Crippen molar-refractivity contribution in [1.82, 2.24) is 14.6 Å². The lowest BCUT2D eigenvalue weighted by Crippen LogP contribution is -2.46. The van der Waals surface area contributed by atoms with E-state index in [9.17, 15) is 14.0 Å². The first-order chi connectivity index (χ1) is 16.1. The summed E-state index contributed by atoms with van der Waals surface area (Å²) in [4.78, 5) is 32.8. The molecule has 0 radical (unpaired) electrons. The molecule has 1 heterocycles. The summed E-state index contributed by atoms with van der Waals surface area (Å²) in [6.07, 6.45) is 3.61. The highest BCUT2D eigenvalue weighted by Crippen LogP contribution is 2.21. The second-order valence-corrected chi connectivity index (χ2v) is 9.85. The first kappa shape index (κ1) is 25.4. The normalized spacial score (nSPS) is 12.1. The molecule has 178 valence electrons. The average molecular weight is 481 g/mol. The van der Waals surface area contributed by atoms with Crippen LogP contribution in [-0.2, 0) is 11.2 Å². The summed E-state index contributed by atoms with van der Waals surface area (Å²) in [6.45, 7) is 6.25. The fourth-order valence-electron chi connectivity index (χ4n) is 3.13. The summed E-state index contributed by atoms with van der Waals surface area (Å²) in [7, 11) is 1.57. The monoisotopic (exact) mass is 480 g/mol. The van der Waals surface area contributed by atoms with Gasteiger partial charge in [-0.05, 0) is 92.9 Å². The molecular formula is C26H29FN4O2S. The van der Waals surface area contributed by atoms with Crippen molar-refractivity contribution in [3.8, 4) is 0 Å². The number of hydrogen-bond donors (Lipinski definition) is 2. The van der Waals surface area contributed by atoms with Crippen LogP contribution in [-0.4, -0.2) is 40.3 Å². The van der Waals surface area contributed by atoms with E-state index in [2.05, 4.69) is 35.8 Å². The summed E-state index contributed by atoms with van der Waals surface area (Å²) < 4.78 is 16.6. The summed E-state index contributed by atoms with van der Waals surface area (Å²) in [5, 5.41) is 2.92. The van der Waals surface area contributed by atoms with Crippen molar-refractivity contribution in [1.29, 1.82) is 0 Å². The number of halogens is 1. The molecule has 0 saturated heterocycles. The molecule has 2 N–H and O–H groups in total. The van der Waals surface area contributed by atoms with E-state index in [1.807, 2.05) is 30.3 Å². The minimum Gasteiger partial charge on any atom is -0.329 e. The second-order valence-electron chi connectivity index (χ2n) is 8.97. The summed E-state index contributed by atoms with van der Waals surface area (Å²) in [6, 6.07) is 15.6. The van der Waals surface area contributed by atoms with Crippen LogP contribution in [0.15, 0.2) is 78.0 Å². The molecule has 0 saturated carbocycles. The zero-order valence-electron chi connectivity index (χ0n) is 19.7. The van der Waals surface area contributed by atoms with Crippen LogP contribution in [0.3, 0.4) is 0 Å². The average Bonchev–Trinajstić information content (AvgIpc) is 2.82. The van der Waals surface area contributed by atoms with Gasteiger partial charge < -0.3 is 10.2 Å². The van der Waals surface area contributed by atoms with Crippen LogP contribution in [0.1, 0.15) is 36.7 Å². The van der Waals surface area contributed by atoms with Crippen molar-refractivity contribution in [2.24, 2.45) is 0 Å². The Morgan fingerprint density at radius 2 is 1.74 bits per heavy atom. The molecule has 0 spiro atoms. The van der Waals surface area contributed by atoms with Crippen molar-refractivity contribution in [2.45, 2.75) is 43.7 Å². The molecule has 2 amide bonds. The number of benzene rings is 2. The van der Waals surface area contributed by atoms with Crippen molar-refractivity contribution in [2.75, 3.05) is 12.4 Å². The van der Waals surface area contributed by atoms with Crippen LogP contribution < -0.4 is 10.0 Å². The number of hydrogen-bond acceptors (Lipinski definition) is 5. The van der Waals surface area contributed by atoms with Crippen LogP contribution in [0.5, 0.6) is 0 Å². The molecule has 0 aliphatic heterocycles. The van der Waals surface area contributed by atoms with E-state index < -0.39 is 11.9 Å². The van der Waals surface area contributed by atoms with Crippen LogP contribution in [0, 0.1) is 5.82 Å². The molecule has 34 heavy (non-hydrogen) atoms. The Balaban J connectivity index is 1.76. The first-order valence-electron chi connectivity index (χ1n) is 10.9. The molecule has 1 atom stereocenters. The number of anilines is 1. The van der Waals surface area contributed by atoms with Gasteiger partial charge >= 0.3 is 0 Å². The van der Waals surface area contributed by atoms with Gasteiger partial charge in [0.05, 0.1) is 0 Å². The van der Waals surface area contributed by atoms with E-state index in [4.69, 9.17) is 0 Å². The van der Waals surface area contributed by atoms with E-state index in [0.717, 1.165) is 10.5 Å². The molecule has 0 aliphatic rings. The Bertz CT molecular complexity index is 1100. The van der Waals surface area contributed by atoms with Crippen LogP contribution in [0.25, 0.3) is 0 Å². The number of likely N-dealkylation sites (N-methyl/N-ethyl adjacent to an activating group) is 1. The Morgan fingerprint density at radius 3 is 2.32 bits per heavy atom. The molecule has 1 unspecified atom stereocenters. The maximum Gasteiger partial charge on any atom is 0.254 e. The number of carbonyl (C=O) groups is 2. The number of nitrogens with one attached hydrogen (secondary N) is 2. The molecule has 8 heteroatoms. The molecule has 3 rings (SSSR count). The van der Waals surface area contributed by atoms with Gasteiger partial charge in [0.2, 0.25) is 5.91 Å². The molecule has 3 aromatic rings. The third kappa shape index (κ3) is 7.40. The lowest BCUT2D eigenvalue weighted by Gasteiger charge is -2.27. The smallest absolute Gasteiger partial charge is 0.254 e. The van der Waals surface area contributed by atoms with Crippen molar-refractivity contribution < 1.29 is 14.0 Å². The number of carbonyl (C=O) groups excluding carboxylic acids is 2. The van der Waals surface area contributed by atoms with Crippen molar-refractivity contribution >= 4 is 29.4 Å². The third-order valence-electron chi connectivity index (χ3n) is 4.93. The summed E-state index contributed by atoms with van der Waals surface area (Å²) in [5.74, 6) is -1.12. The van der Waals surface area contributed by atoms with Crippen LogP contribution >= 0.6 is 11.9 Å². The Morgan fingerprint density at radius 1 is 1.06 bits per heavy atom. The minimum atomic E-state index is -0.793. The van der Waals surface area contributed by atoms with Gasteiger partial charge in [-0.3, -0.25) is 19.3 Å². The Labute approximate surface area is 204 Å². The molecule has 0 bridgehead atoms. The molecule has 0 fully saturated rings. The summed E-state index contributed by atoms with van der Waals surface area (Å²) in [5.41, 5.74) is 1.73. The lowest BCUT2D eigenvalue weighted by molar-refractivity contribution is -0.120. The van der Waals surface area contributed by atoms with Gasteiger partial charge in [-0.2, -0.15) is 0 Å². The van der Waals surface area contributed by atoms with Gasteiger partial charge in [-0.15, -0.1) is 0 Å². The van der Waals surface area contributed by atoms with E-state index in [0.29, 0.717) is 11.3 Å². The second kappa shape index (κ2) is 11.3. The van der Waals surface area contributed by atoms with Gasteiger partial charge in [0.1, 0.15) is 11.9 Å². The Hall–Kier alpha value is -3.23. The number of aromatic nitrogens is 1. The van der Waals surface area contributed by atoms with Crippen LogP contribution in [0.2, 0.25) is 0 Å². The van der Waals surface area contributed by atoms with Gasteiger partial charge in [-0.1, -0.05) is 6.07 Å². The predicted molar refractivity (Wildman–Crippen MR) is 134 cm³/mol. The van der Waals surface area contributed by atoms with E-state index >= 15 is 0 Å². The number of amides is 2. The standard InChI is InChI=1S/C26H29FN4O2S/c1-26(2,3)30-34-22-13-11-21(12-14-22)29-24(32)23(16-18-6-5-15-28-17-18)31(4)25(33)19-7-9-20(27)10-8-19/h5-15,17,23,30H,16H2,1-4H3,(H,29,32). The molecule has 0 aliphatic carbocycles. The van der Waals surface area contributed by atoms with Gasteiger partial charge in [-0.25, -0.2) is 4.39 Å². The fourth-order valence-corrected chi connectivity index (χ4v) is 3.83. The van der Waals surface area contributed by atoms with Gasteiger partial charge in [0.25, 0.3) is 5.91 Å². The quantitative estimate of drug-likeness (QED) is 0.447. The Kier molecular flexibility index (Phi) is 8.41. The third-order valence-corrected chi connectivity index (χ3v) is 6.15. The summed E-state index contributed by atoms with van der Waals surface area (Å²) >= 11 is 1.52. The highest BCUT2D eigenvalue weighted by Gasteiger charge is 2.28. The number of rotatable bonds is 8. The largest absolute Gasteiger partial charge is 0.329 e. The fraction of sp³-hybridized carbons (Fsp3) is 0.269. The van der Waals surface area contributed by atoms with Gasteiger partial charge in [0, 0.05) is 47.5 Å². The van der Waals surface area contributed by atoms with E-state index in [1.54, 1.807) is 25.5 Å². The topological polar surface area (TPSA) is 74.3 Å². The maximum absolute atomic E-state index is 13.3. The highest BCUT2D eigenvalue weighted by molar-refractivity contribution is 7.97. The van der Waals surface area contributed by atoms with E-state index in [1.165, 1.54) is 41.1 Å². The van der Waals surface area contributed by atoms with Gasteiger partial charge in [0.15, 0.2) is 0 Å². The molecule has 6 nitrogen and oxygen atoms in total. The zero-order chi connectivity index (χ0) is 24.7. The molecule has 2 aromatic carbocycles. The maximum atomic E-state index is 13.3. The molecule has 1 aromatic heterocycles. The SMILES string of the molecule is CN(C(=O)c1ccc(F)cc1)C(Cc1cccnc1)C(=O)Nc1ccc(SNC(C)(C)C)cc1. The van der Waals surface area contributed by atoms with Crippen molar-refractivity contribution in [3.63, 3.8) is 0 Å².